The van der Waals surface area contributed by atoms with Crippen molar-refractivity contribution in [1.82, 2.24) is 10.2 Å². The van der Waals surface area contributed by atoms with E-state index >= 15 is 0 Å². The first-order valence-electron chi connectivity index (χ1n) is 5.70. The van der Waals surface area contributed by atoms with Crippen molar-refractivity contribution < 1.29 is 9.59 Å². The van der Waals surface area contributed by atoms with Crippen LogP contribution in [0, 0.1) is 5.92 Å². The number of hydrogen-bond acceptors (Lipinski definition) is 2. The lowest BCUT2D eigenvalue weighted by Crippen LogP contribution is -2.40. The molecule has 0 saturated heterocycles. The van der Waals surface area contributed by atoms with E-state index in [2.05, 4.69) is 5.32 Å². The summed E-state index contributed by atoms with van der Waals surface area (Å²) in [5, 5.41) is 2.86. The third-order valence-corrected chi connectivity index (χ3v) is 3.21. The van der Waals surface area contributed by atoms with Crippen LogP contribution in [0.25, 0.3) is 0 Å². The maximum absolute atomic E-state index is 11.5. The number of hydrogen-bond donors (Lipinski definition) is 1. The molecule has 92 valence electrons. The van der Waals surface area contributed by atoms with Gasteiger partial charge in [-0.15, -0.1) is 11.6 Å². The van der Waals surface area contributed by atoms with Crippen LogP contribution in [0.3, 0.4) is 0 Å². The fraction of sp³-hybridized carbons (Fsp3) is 0.818. The van der Waals surface area contributed by atoms with Crippen molar-refractivity contribution >= 4 is 23.4 Å². The lowest BCUT2D eigenvalue weighted by atomic mass is 10.1. The molecule has 1 aliphatic rings. The predicted octanol–water partition coefficient (Wildman–Crippen LogP) is 0.990. The van der Waals surface area contributed by atoms with Crippen LogP contribution in [0.15, 0.2) is 0 Å². The van der Waals surface area contributed by atoms with Gasteiger partial charge < -0.3 is 10.2 Å². The van der Waals surface area contributed by atoms with Crippen LogP contribution in [0.2, 0.25) is 0 Å². The molecule has 0 bridgehead atoms. The molecule has 0 atom stereocenters. The number of amides is 2. The normalized spacial score (nSPS) is 16.1. The van der Waals surface area contributed by atoms with Gasteiger partial charge in [0.25, 0.3) is 0 Å². The van der Waals surface area contributed by atoms with Crippen molar-refractivity contribution in [3.8, 4) is 0 Å². The molecule has 1 fully saturated rings. The monoisotopic (exact) mass is 246 g/mol. The van der Waals surface area contributed by atoms with Gasteiger partial charge >= 0.3 is 0 Å². The standard InChI is InChI=1S/C11H19ClN2O2/c1-14(11(16)6-12)8-10(15)13-7-9-4-2-3-5-9/h9H,2-8H2,1H3,(H,13,15). The Balaban J connectivity index is 2.17. The van der Waals surface area contributed by atoms with Crippen LogP contribution in [-0.2, 0) is 9.59 Å². The molecule has 0 aliphatic heterocycles. The van der Waals surface area contributed by atoms with Crippen molar-refractivity contribution in [2.45, 2.75) is 25.7 Å². The second-order valence-electron chi connectivity index (χ2n) is 4.34. The van der Waals surface area contributed by atoms with E-state index in [0.29, 0.717) is 5.92 Å². The molecular formula is C11H19ClN2O2. The molecule has 1 saturated carbocycles. The molecule has 2 amide bonds. The minimum absolute atomic E-state index is 0.0770. The number of likely N-dealkylation sites (N-methyl/N-ethyl adjacent to an activating group) is 1. The van der Waals surface area contributed by atoms with Crippen LogP contribution >= 0.6 is 11.6 Å². The van der Waals surface area contributed by atoms with Gasteiger partial charge in [-0.1, -0.05) is 12.8 Å². The van der Waals surface area contributed by atoms with Gasteiger partial charge in [0.1, 0.15) is 5.88 Å². The summed E-state index contributed by atoms with van der Waals surface area (Å²) < 4.78 is 0. The van der Waals surface area contributed by atoms with Crippen LogP contribution in [0.1, 0.15) is 25.7 Å². The second kappa shape index (κ2) is 6.74. The number of nitrogens with zero attached hydrogens (tertiary/aromatic N) is 1. The Morgan fingerprint density at radius 2 is 2.00 bits per heavy atom. The number of carbonyl (C=O) groups is 2. The number of nitrogens with one attached hydrogen (secondary N) is 1. The highest BCUT2D eigenvalue weighted by Gasteiger charge is 2.16. The Bertz CT molecular complexity index is 252. The third kappa shape index (κ3) is 4.39. The average Bonchev–Trinajstić information content (AvgIpc) is 2.78. The van der Waals surface area contributed by atoms with Gasteiger partial charge in [-0.05, 0) is 18.8 Å². The summed E-state index contributed by atoms with van der Waals surface area (Å²) in [6.07, 6.45) is 4.95. The van der Waals surface area contributed by atoms with E-state index in [9.17, 15) is 9.59 Å². The van der Waals surface area contributed by atoms with Crippen molar-refractivity contribution in [3.63, 3.8) is 0 Å². The molecule has 0 aromatic carbocycles. The fourth-order valence-electron chi connectivity index (χ4n) is 1.93. The third-order valence-electron chi connectivity index (χ3n) is 2.98. The molecule has 1 rings (SSSR count). The first-order valence-corrected chi connectivity index (χ1v) is 6.23. The Morgan fingerprint density at radius 3 is 2.56 bits per heavy atom. The predicted molar refractivity (Wildman–Crippen MR) is 63.3 cm³/mol. The van der Waals surface area contributed by atoms with Gasteiger partial charge in [0, 0.05) is 13.6 Å². The van der Waals surface area contributed by atoms with Crippen molar-refractivity contribution in [2.24, 2.45) is 5.92 Å². The summed E-state index contributed by atoms with van der Waals surface area (Å²) in [4.78, 5) is 23.9. The first-order chi connectivity index (χ1) is 7.63. The van der Waals surface area contributed by atoms with Crippen molar-refractivity contribution in [3.05, 3.63) is 0 Å². The fourth-order valence-corrected chi connectivity index (χ4v) is 2.14. The zero-order valence-electron chi connectivity index (χ0n) is 9.67. The van der Waals surface area contributed by atoms with Crippen molar-refractivity contribution in [1.29, 1.82) is 0 Å². The maximum Gasteiger partial charge on any atom is 0.239 e. The van der Waals surface area contributed by atoms with Gasteiger partial charge in [0.2, 0.25) is 11.8 Å². The molecule has 0 spiro atoms. The van der Waals surface area contributed by atoms with E-state index in [1.807, 2.05) is 0 Å². The van der Waals surface area contributed by atoms with Gasteiger partial charge in [-0.3, -0.25) is 9.59 Å². The topological polar surface area (TPSA) is 49.4 Å². The number of carbonyl (C=O) groups excluding carboxylic acids is 2. The molecule has 0 aromatic rings. The van der Waals surface area contributed by atoms with E-state index in [4.69, 9.17) is 11.6 Å². The zero-order valence-corrected chi connectivity index (χ0v) is 10.4. The highest BCUT2D eigenvalue weighted by atomic mass is 35.5. The Hall–Kier alpha value is -0.770. The SMILES string of the molecule is CN(CC(=O)NCC1CCCC1)C(=O)CCl. The summed E-state index contributed by atoms with van der Waals surface area (Å²) in [5.74, 6) is 0.218. The van der Waals surface area contributed by atoms with Gasteiger partial charge in [0.05, 0.1) is 6.54 Å². The Morgan fingerprint density at radius 1 is 1.38 bits per heavy atom. The van der Waals surface area contributed by atoms with E-state index in [-0.39, 0.29) is 24.2 Å². The van der Waals surface area contributed by atoms with Gasteiger partial charge in [0.15, 0.2) is 0 Å². The number of alkyl halides is 1. The van der Waals surface area contributed by atoms with Crippen LogP contribution < -0.4 is 5.32 Å². The van der Waals surface area contributed by atoms with E-state index < -0.39 is 0 Å². The van der Waals surface area contributed by atoms with Gasteiger partial charge in [-0.25, -0.2) is 0 Å². The number of halogens is 1. The quantitative estimate of drug-likeness (QED) is 0.736. The largest absolute Gasteiger partial charge is 0.354 e. The van der Waals surface area contributed by atoms with Gasteiger partial charge in [-0.2, -0.15) is 0 Å². The summed E-state index contributed by atoms with van der Waals surface area (Å²) >= 11 is 5.39. The maximum atomic E-state index is 11.5. The van der Waals surface area contributed by atoms with E-state index in [0.717, 1.165) is 6.54 Å². The van der Waals surface area contributed by atoms with Crippen molar-refractivity contribution in [2.75, 3.05) is 26.0 Å². The Kier molecular flexibility index (Phi) is 5.60. The summed E-state index contributed by atoms with van der Waals surface area (Å²) in [5.41, 5.74) is 0. The summed E-state index contributed by atoms with van der Waals surface area (Å²) in [6.45, 7) is 0.833. The molecule has 16 heavy (non-hydrogen) atoms. The molecule has 0 aromatic heterocycles. The second-order valence-corrected chi connectivity index (χ2v) is 4.61. The molecule has 0 heterocycles. The highest BCUT2D eigenvalue weighted by molar-refractivity contribution is 6.27. The van der Waals surface area contributed by atoms with Crippen LogP contribution in [0.5, 0.6) is 0 Å². The van der Waals surface area contributed by atoms with Crippen LogP contribution in [0.4, 0.5) is 0 Å². The smallest absolute Gasteiger partial charge is 0.239 e. The molecule has 1 aliphatic carbocycles. The molecular weight excluding hydrogens is 228 g/mol. The molecule has 5 heteroatoms. The summed E-state index contributed by atoms with van der Waals surface area (Å²) in [7, 11) is 1.58. The molecule has 0 radical (unpaired) electrons. The van der Waals surface area contributed by atoms with E-state index in [1.165, 1.54) is 30.6 Å². The lowest BCUT2D eigenvalue weighted by Gasteiger charge is -2.16. The first kappa shape index (κ1) is 13.3. The van der Waals surface area contributed by atoms with Crippen LogP contribution in [-0.4, -0.2) is 42.7 Å². The number of rotatable bonds is 5. The minimum Gasteiger partial charge on any atom is -0.354 e. The summed E-state index contributed by atoms with van der Waals surface area (Å²) in [6, 6.07) is 0. The molecule has 1 N–H and O–H groups in total. The molecule has 4 nitrogen and oxygen atoms in total. The highest BCUT2D eigenvalue weighted by Crippen LogP contribution is 2.23. The lowest BCUT2D eigenvalue weighted by molar-refractivity contribution is -0.132. The minimum atomic E-state index is -0.224. The zero-order chi connectivity index (χ0) is 12.0. The average molecular weight is 247 g/mol. The Labute approximate surface area is 101 Å². The van der Waals surface area contributed by atoms with E-state index in [1.54, 1.807) is 7.05 Å². The molecule has 0 unspecified atom stereocenters.